The van der Waals surface area contributed by atoms with Crippen LogP contribution < -0.4 is 4.72 Å². The van der Waals surface area contributed by atoms with Crippen LogP contribution in [0.5, 0.6) is 0 Å². The van der Waals surface area contributed by atoms with Crippen LogP contribution in [0.2, 0.25) is 5.02 Å². The van der Waals surface area contributed by atoms with Crippen molar-refractivity contribution in [1.82, 2.24) is 10.2 Å². The molecule has 1 aromatic carbocycles. The van der Waals surface area contributed by atoms with Gasteiger partial charge in [0.2, 0.25) is 0 Å². The van der Waals surface area contributed by atoms with Crippen LogP contribution in [-0.4, -0.2) is 18.6 Å². The summed E-state index contributed by atoms with van der Waals surface area (Å²) in [5.74, 6) is 0.374. The minimum Gasteiger partial charge on any atom is -0.263 e. The monoisotopic (exact) mass is 299 g/mol. The Labute approximate surface area is 117 Å². The summed E-state index contributed by atoms with van der Waals surface area (Å²) in [7, 11) is -3.72. The number of aromatic nitrogens is 2. The summed E-state index contributed by atoms with van der Waals surface area (Å²) in [4.78, 5) is 0.0522. The molecule has 0 saturated carbocycles. The van der Waals surface area contributed by atoms with Crippen LogP contribution in [0.4, 0.5) is 5.82 Å². The van der Waals surface area contributed by atoms with Gasteiger partial charge >= 0.3 is 0 Å². The summed E-state index contributed by atoms with van der Waals surface area (Å²) in [5.41, 5.74) is 1.70. The van der Waals surface area contributed by atoms with E-state index in [0.29, 0.717) is 12.2 Å². The number of sulfonamides is 1. The van der Waals surface area contributed by atoms with Gasteiger partial charge in [0.15, 0.2) is 0 Å². The average Bonchev–Trinajstić information content (AvgIpc) is 2.74. The molecule has 102 valence electrons. The molecule has 0 saturated heterocycles. The van der Waals surface area contributed by atoms with Crippen molar-refractivity contribution in [2.45, 2.75) is 25.2 Å². The van der Waals surface area contributed by atoms with Gasteiger partial charge in [0.25, 0.3) is 10.0 Å². The van der Waals surface area contributed by atoms with E-state index in [9.17, 15) is 8.42 Å². The Morgan fingerprint density at radius 1 is 1.42 bits per heavy atom. The van der Waals surface area contributed by atoms with E-state index in [0.717, 1.165) is 11.1 Å². The van der Waals surface area contributed by atoms with E-state index in [1.165, 1.54) is 6.07 Å². The molecular formula is C12H14ClN3O2S. The molecule has 19 heavy (non-hydrogen) atoms. The molecule has 0 aliphatic heterocycles. The van der Waals surface area contributed by atoms with Gasteiger partial charge in [-0.2, -0.15) is 5.10 Å². The van der Waals surface area contributed by atoms with Crippen molar-refractivity contribution in [3.8, 4) is 0 Å². The summed E-state index contributed by atoms with van der Waals surface area (Å²) in [6, 6.07) is 4.81. The lowest BCUT2D eigenvalue weighted by molar-refractivity contribution is 0.601. The third-order valence-electron chi connectivity index (χ3n) is 2.71. The molecule has 2 N–H and O–H groups in total. The zero-order valence-electron chi connectivity index (χ0n) is 10.6. The second-order valence-corrected chi connectivity index (χ2v) is 6.22. The molecule has 0 unspecified atom stereocenters. The summed E-state index contributed by atoms with van der Waals surface area (Å²) in [6.07, 6.45) is 2.27. The number of aromatic amines is 1. The van der Waals surface area contributed by atoms with Gasteiger partial charge in [-0.3, -0.25) is 9.82 Å². The number of hydrogen-bond acceptors (Lipinski definition) is 3. The van der Waals surface area contributed by atoms with E-state index in [1.54, 1.807) is 18.3 Å². The van der Waals surface area contributed by atoms with E-state index in [4.69, 9.17) is 11.6 Å². The molecule has 0 amide bonds. The second-order valence-electron chi connectivity index (χ2n) is 4.16. The molecule has 7 heteroatoms. The average molecular weight is 300 g/mol. The molecule has 2 aromatic rings. The fourth-order valence-electron chi connectivity index (χ4n) is 1.68. The van der Waals surface area contributed by atoms with E-state index in [-0.39, 0.29) is 9.92 Å². The number of H-pyrrole nitrogens is 1. The van der Waals surface area contributed by atoms with Gasteiger partial charge in [0, 0.05) is 5.56 Å². The zero-order chi connectivity index (χ0) is 14.0. The Hall–Kier alpha value is -1.53. The summed E-state index contributed by atoms with van der Waals surface area (Å²) < 4.78 is 27.0. The van der Waals surface area contributed by atoms with E-state index in [2.05, 4.69) is 14.9 Å². The Bertz CT molecular complexity index is 695. The van der Waals surface area contributed by atoms with Crippen LogP contribution in [0, 0.1) is 6.92 Å². The van der Waals surface area contributed by atoms with Crippen molar-refractivity contribution in [3.05, 3.63) is 40.5 Å². The third-order valence-corrected chi connectivity index (χ3v) is 4.54. The fourth-order valence-corrected chi connectivity index (χ4v) is 3.34. The normalized spacial score (nSPS) is 11.5. The minimum absolute atomic E-state index is 0.0522. The largest absolute Gasteiger partial charge is 0.264 e. The van der Waals surface area contributed by atoms with Crippen LogP contribution in [0.25, 0.3) is 0 Å². The van der Waals surface area contributed by atoms with Gasteiger partial charge < -0.3 is 0 Å². The SMILES string of the molecule is CCc1cn[nH]c1NS(=O)(=O)c1ccc(C)cc1Cl. The maximum Gasteiger partial charge on any atom is 0.264 e. The van der Waals surface area contributed by atoms with E-state index in [1.807, 2.05) is 13.8 Å². The molecule has 0 fully saturated rings. The van der Waals surface area contributed by atoms with E-state index >= 15 is 0 Å². The lowest BCUT2D eigenvalue weighted by Gasteiger charge is -2.09. The molecule has 0 atom stereocenters. The van der Waals surface area contributed by atoms with Crippen molar-refractivity contribution >= 4 is 27.4 Å². The van der Waals surface area contributed by atoms with Crippen molar-refractivity contribution in [2.24, 2.45) is 0 Å². The number of rotatable bonds is 4. The standard InChI is InChI=1S/C12H14ClN3O2S/c1-3-9-7-14-15-12(9)16-19(17,18)11-5-4-8(2)6-10(11)13/h4-7H,3H2,1-2H3,(H2,14,15,16). The summed E-state index contributed by atoms with van der Waals surface area (Å²) in [6.45, 7) is 3.77. The molecule has 0 radical (unpaired) electrons. The molecule has 2 rings (SSSR count). The van der Waals surface area contributed by atoms with Gasteiger partial charge in [-0.15, -0.1) is 0 Å². The maximum atomic E-state index is 12.3. The number of benzene rings is 1. The first kappa shape index (κ1) is 13.9. The molecule has 1 heterocycles. The lowest BCUT2D eigenvalue weighted by Crippen LogP contribution is -2.14. The Morgan fingerprint density at radius 2 is 2.16 bits per heavy atom. The molecule has 5 nitrogen and oxygen atoms in total. The lowest BCUT2D eigenvalue weighted by atomic mass is 10.2. The Morgan fingerprint density at radius 3 is 2.79 bits per heavy atom. The highest BCUT2D eigenvalue weighted by Gasteiger charge is 2.19. The summed E-state index contributed by atoms with van der Waals surface area (Å²) in [5, 5.41) is 6.65. The number of hydrogen-bond donors (Lipinski definition) is 2. The van der Waals surface area contributed by atoms with Crippen LogP contribution in [0.15, 0.2) is 29.3 Å². The number of halogens is 1. The van der Waals surface area contributed by atoms with Crippen molar-refractivity contribution < 1.29 is 8.42 Å². The number of aryl methyl sites for hydroxylation is 2. The van der Waals surface area contributed by atoms with Gasteiger partial charge in [0.1, 0.15) is 10.7 Å². The molecule has 0 spiro atoms. The van der Waals surface area contributed by atoms with Crippen molar-refractivity contribution in [3.63, 3.8) is 0 Å². The molecule has 1 aromatic heterocycles. The van der Waals surface area contributed by atoms with Crippen LogP contribution in [-0.2, 0) is 16.4 Å². The third kappa shape index (κ3) is 2.90. The molecule has 0 bridgehead atoms. The van der Waals surface area contributed by atoms with Gasteiger partial charge in [-0.05, 0) is 31.0 Å². The second kappa shape index (κ2) is 5.22. The predicted octanol–water partition coefficient (Wildman–Crippen LogP) is 2.73. The van der Waals surface area contributed by atoms with Gasteiger partial charge in [-0.1, -0.05) is 24.6 Å². The minimum atomic E-state index is -3.72. The highest BCUT2D eigenvalue weighted by Crippen LogP contribution is 2.25. The highest BCUT2D eigenvalue weighted by molar-refractivity contribution is 7.92. The quantitative estimate of drug-likeness (QED) is 0.911. The Kier molecular flexibility index (Phi) is 3.82. The molecular weight excluding hydrogens is 286 g/mol. The molecule has 0 aliphatic rings. The maximum absolute atomic E-state index is 12.3. The van der Waals surface area contributed by atoms with E-state index < -0.39 is 10.0 Å². The fraction of sp³-hybridized carbons (Fsp3) is 0.250. The first-order chi connectivity index (χ1) is 8.94. The predicted molar refractivity (Wildman–Crippen MR) is 75.0 cm³/mol. The first-order valence-corrected chi connectivity index (χ1v) is 7.61. The number of anilines is 1. The Balaban J connectivity index is 2.38. The number of nitrogens with zero attached hydrogens (tertiary/aromatic N) is 1. The van der Waals surface area contributed by atoms with Crippen molar-refractivity contribution in [1.29, 1.82) is 0 Å². The topological polar surface area (TPSA) is 74.8 Å². The smallest absolute Gasteiger partial charge is 0.263 e. The number of nitrogens with one attached hydrogen (secondary N) is 2. The first-order valence-electron chi connectivity index (χ1n) is 5.75. The van der Waals surface area contributed by atoms with Crippen LogP contribution in [0.3, 0.4) is 0 Å². The zero-order valence-corrected chi connectivity index (χ0v) is 12.1. The highest BCUT2D eigenvalue weighted by atomic mass is 35.5. The van der Waals surface area contributed by atoms with Crippen molar-refractivity contribution in [2.75, 3.05) is 4.72 Å². The van der Waals surface area contributed by atoms with Gasteiger partial charge in [0.05, 0.1) is 11.2 Å². The van der Waals surface area contributed by atoms with Crippen LogP contribution in [0.1, 0.15) is 18.1 Å². The molecule has 0 aliphatic carbocycles. The van der Waals surface area contributed by atoms with Crippen LogP contribution >= 0.6 is 11.6 Å². The summed E-state index contributed by atoms with van der Waals surface area (Å²) >= 11 is 5.98. The van der Waals surface area contributed by atoms with Gasteiger partial charge in [-0.25, -0.2) is 8.42 Å².